The van der Waals surface area contributed by atoms with Gasteiger partial charge in [-0.25, -0.2) is 23.1 Å². The fraction of sp³-hybridized carbons (Fsp3) is 0.480. The molecule has 3 aromatic heterocycles. The molecule has 0 saturated carbocycles. The first-order valence-electron chi connectivity index (χ1n) is 12.1. The van der Waals surface area contributed by atoms with Crippen molar-refractivity contribution in [2.24, 2.45) is 11.7 Å². The van der Waals surface area contributed by atoms with E-state index in [1.165, 1.54) is 13.2 Å². The molecule has 1 saturated heterocycles. The van der Waals surface area contributed by atoms with Crippen LogP contribution in [0, 0.1) is 18.7 Å². The lowest BCUT2D eigenvalue weighted by Crippen LogP contribution is -2.43. The predicted molar refractivity (Wildman–Crippen MR) is 137 cm³/mol. The molecule has 37 heavy (non-hydrogen) atoms. The van der Waals surface area contributed by atoms with E-state index >= 15 is 0 Å². The summed E-state index contributed by atoms with van der Waals surface area (Å²) in [5, 5.41) is 3.47. The highest BCUT2D eigenvalue weighted by Crippen LogP contribution is 2.36. The molecule has 0 spiro atoms. The highest BCUT2D eigenvalue weighted by Gasteiger charge is 2.48. The number of alkyl halides is 2. The van der Waals surface area contributed by atoms with Crippen molar-refractivity contribution < 1.29 is 22.7 Å². The zero-order chi connectivity index (χ0) is 26.5. The molecule has 12 heteroatoms. The van der Waals surface area contributed by atoms with Gasteiger partial charge in [-0.3, -0.25) is 4.79 Å². The van der Waals surface area contributed by atoms with Crippen LogP contribution in [0.3, 0.4) is 0 Å². The summed E-state index contributed by atoms with van der Waals surface area (Å²) >= 11 is 1.15. The minimum Gasteiger partial charge on any atom is -0.397 e. The minimum absolute atomic E-state index is 0.108. The van der Waals surface area contributed by atoms with Gasteiger partial charge in [0.1, 0.15) is 27.9 Å². The van der Waals surface area contributed by atoms with Crippen LogP contribution in [0.5, 0.6) is 0 Å². The van der Waals surface area contributed by atoms with Crippen LogP contribution >= 0.6 is 11.3 Å². The number of ether oxygens (including phenoxy) is 1. The smallest absolute Gasteiger partial charge is 0.276 e. The molecule has 2 aliphatic rings. The number of methoxy groups -OCH3 is 1. The predicted octanol–water partition coefficient (Wildman–Crippen LogP) is 3.05. The number of nitrogens with two attached hydrogens (primary N) is 2. The first-order chi connectivity index (χ1) is 17.6. The Morgan fingerprint density at radius 3 is 2.86 bits per heavy atom. The van der Waals surface area contributed by atoms with Gasteiger partial charge in [0.05, 0.1) is 17.3 Å². The van der Waals surface area contributed by atoms with Gasteiger partial charge >= 0.3 is 0 Å². The number of amides is 1. The van der Waals surface area contributed by atoms with E-state index in [9.17, 15) is 18.0 Å². The van der Waals surface area contributed by atoms with Crippen molar-refractivity contribution in [3.05, 3.63) is 45.8 Å². The van der Waals surface area contributed by atoms with Crippen molar-refractivity contribution in [3.8, 4) is 0 Å². The van der Waals surface area contributed by atoms with E-state index in [0.29, 0.717) is 46.7 Å². The van der Waals surface area contributed by atoms with Crippen molar-refractivity contribution in [2.45, 2.75) is 44.2 Å². The number of thiophene rings is 1. The number of rotatable bonds is 6. The summed E-state index contributed by atoms with van der Waals surface area (Å²) in [7, 11) is 1.25. The third-order valence-corrected chi connectivity index (χ3v) is 8.32. The monoisotopic (exact) mass is 534 g/mol. The lowest BCUT2D eigenvalue weighted by atomic mass is 9.91. The van der Waals surface area contributed by atoms with Crippen LogP contribution < -0.4 is 21.7 Å². The molecule has 0 aromatic carbocycles. The zero-order valence-electron chi connectivity index (χ0n) is 20.6. The molecule has 0 radical (unpaired) electrons. The second-order valence-electron chi connectivity index (χ2n) is 9.81. The van der Waals surface area contributed by atoms with E-state index < -0.39 is 30.3 Å². The van der Waals surface area contributed by atoms with Gasteiger partial charge in [-0.2, -0.15) is 0 Å². The van der Waals surface area contributed by atoms with Gasteiger partial charge in [-0.15, -0.1) is 11.3 Å². The fourth-order valence-electron chi connectivity index (χ4n) is 5.18. The Morgan fingerprint density at radius 1 is 1.32 bits per heavy atom. The molecule has 3 unspecified atom stereocenters. The Hall–Kier alpha value is -2.96. The maximum atomic E-state index is 14.4. The summed E-state index contributed by atoms with van der Waals surface area (Å²) in [6.07, 6.45) is 1.88. The molecule has 8 nitrogen and oxygen atoms in total. The van der Waals surface area contributed by atoms with E-state index in [1.54, 1.807) is 11.8 Å². The summed E-state index contributed by atoms with van der Waals surface area (Å²) < 4.78 is 47.5. The van der Waals surface area contributed by atoms with Crippen LogP contribution in [-0.4, -0.2) is 60.7 Å². The Balaban J connectivity index is 1.26. The molecule has 3 aromatic rings. The van der Waals surface area contributed by atoms with Crippen molar-refractivity contribution in [3.63, 3.8) is 0 Å². The van der Waals surface area contributed by atoms with Gasteiger partial charge in [-0.05, 0) is 43.9 Å². The van der Waals surface area contributed by atoms with Crippen molar-refractivity contribution in [2.75, 3.05) is 37.4 Å². The van der Waals surface area contributed by atoms with Crippen LogP contribution in [0.25, 0.3) is 10.2 Å². The third-order valence-electron chi connectivity index (χ3n) is 7.21. The van der Waals surface area contributed by atoms with Gasteiger partial charge in [0.15, 0.2) is 0 Å². The summed E-state index contributed by atoms with van der Waals surface area (Å²) in [5.74, 6) is -4.17. The van der Waals surface area contributed by atoms with Gasteiger partial charge in [-0.1, -0.05) is 6.07 Å². The summed E-state index contributed by atoms with van der Waals surface area (Å²) in [5.41, 5.74) is 14.6. The zero-order valence-corrected chi connectivity index (χ0v) is 21.4. The van der Waals surface area contributed by atoms with E-state index in [1.807, 2.05) is 12.1 Å². The van der Waals surface area contributed by atoms with Crippen LogP contribution in [0.4, 0.5) is 24.7 Å². The molecule has 3 atom stereocenters. The topological polar surface area (TPSA) is 119 Å². The van der Waals surface area contributed by atoms with E-state index in [2.05, 4.69) is 15.0 Å². The number of pyridine rings is 2. The van der Waals surface area contributed by atoms with Gasteiger partial charge in [0, 0.05) is 43.4 Å². The van der Waals surface area contributed by atoms with Crippen LogP contribution in [0.2, 0.25) is 0 Å². The number of aryl methyl sites for hydroxylation is 2. The van der Waals surface area contributed by atoms with Crippen molar-refractivity contribution in [1.82, 2.24) is 15.3 Å². The maximum Gasteiger partial charge on any atom is 0.276 e. The lowest BCUT2D eigenvalue weighted by molar-refractivity contribution is -0.105. The number of halogens is 3. The van der Waals surface area contributed by atoms with Gasteiger partial charge in [0.2, 0.25) is 0 Å². The largest absolute Gasteiger partial charge is 0.397 e. The standard InChI is InChI=1S/C25H29F3N6O2S/c1-12-17(26)8-15-21(30)22(37-24(15)31-12)23(35)32-14-4-5-19-13(7-14)3-6-20(33-19)34-9-16(18(29)10-34)25(27,28)11-36-2/h3,6,8,14,16,18H,4-5,7,9-11,29-30H2,1-2H3,(H,32,35). The average Bonchev–Trinajstić information content (AvgIpc) is 3.40. The summed E-state index contributed by atoms with van der Waals surface area (Å²) in [6, 6.07) is 4.26. The number of hydrogen-bond acceptors (Lipinski definition) is 8. The summed E-state index contributed by atoms with van der Waals surface area (Å²) in [6.45, 7) is 1.31. The Morgan fingerprint density at radius 2 is 2.11 bits per heavy atom. The van der Waals surface area contributed by atoms with Gasteiger partial charge < -0.3 is 26.4 Å². The molecule has 198 valence electrons. The molecule has 1 aliphatic carbocycles. The Labute approximate surface area is 216 Å². The molecule has 1 aliphatic heterocycles. The number of nitrogens with zero attached hydrogens (tertiary/aromatic N) is 3. The highest BCUT2D eigenvalue weighted by molar-refractivity contribution is 7.21. The van der Waals surface area contributed by atoms with Crippen LogP contribution in [0.15, 0.2) is 18.2 Å². The Kier molecular flexibility index (Phi) is 6.75. The maximum absolute atomic E-state index is 14.4. The fourth-order valence-corrected chi connectivity index (χ4v) is 6.21. The van der Waals surface area contributed by atoms with Gasteiger partial charge in [0.25, 0.3) is 11.8 Å². The number of nitrogen functional groups attached to an aromatic ring is 1. The number of carbonyl (C=O) groups is 1. The van der Waals surface area contributed by atoms with E-state index in [4.69, 9.17) is 16.5 Å². The minimum atomic E-state index is -3.01. The Bertz CT molecular complexity index is 1350. The van der Waals surface area contributed by atoms with E-state index in [-0.39, 0.29) is 29.9 Å². The second-order valence-corrected chi connectivity index (χ2v) is 10.8. The highest BCUT2D eigenvalue weighted by atomic mass is 32.1. The molecule has 1 amide bonds. The molecule has 0 bridgehead atoms. The van der Waals surface area contributed by atoms with E-state index in [0.717, 1.165) is 22.6 Å². The lowest BCUT2D eigenvalue weighted by Gasteiger charge is -2.27. The van der Waals surface area contributed by atoms with Crippen molar-refractivity contribution in [1.29, 1.82) is 0 Å². The number of aromatic nitrogens is 2. The first kappa shape index (κ1) is 25.7. The molecule has 5 N–H and O–H groups in total. The normalized spacial score (nSPS) is 21.9. The van der Waals surface area contributed by atoms with Crippen LogP contribution in [0.1, 0.15) is 33.0 Å². The molecule has 4 heterocycles. The molecule has 5 rings (SSSR count). The quantitative estimate of drug-likeness (QED) is 0.445. The second kappa shape index (κ2) is 9.73. The molecular weight excluding hydrogens is 505 g/mol. The number of nitrogens with one attached hydrogen (secondary N) is 1. The molecule has 1 fully saturated rings. The number of carbonyl (C=O) groups excluding carboxylic acids is 1. The first-order valence-corrected chi connectivity index (χ1v) is 12.9. The third kappa shape index (κ3) is 4.85. The number of hydrogen-bond donors (Lipinski definition) is 3. The average molecular weight is 535 g/mol. The van der Waals surface area contributed by atoms with Crippen molar-refractivity contribution >= 4 is 39.0 Å². The summed E-state index contributed by atoms with van der Waals surface area (Å²) in [4.78, 5) is 24.6. The SMILES string of the molecule is COCC(F)(F)C1CN(c2ccc3c(n2)CCC(NC(=O)c2sc4nc(C)c(F)cc4c2N)C3)CC1N. The number of fused-ring (bicyclic) bond motifs is 2. The number of anilines is 2. The molecular formula is C25H29F3N6O2S. The van der Waals surface area contributed by atoms with Crippen LogP contribution in [-0.2, 0) is 17.6 Å².